The SMILES string of the molecule is CCCCN(CC(=O)N(C)[C@@H](CC(C)C)C(=O)NC(COC(C)(C)C)C(=O)N(C)[C@@H](Cc1ccccc1)C(=O)N(C)C(C(=O)N[C@@H](CC(=O)N[C@H](CC(C)C)C(=O)N(C)[C@@H](Cc1ccccc1)C(=O)N[C@@H](CC(C)C)C(=O)N(C)[C@@H](CCN1CCOCC1)C(N)=O)C(=O)N1CCCCC1)C(C)C)C(=O)C[C@@H](C)O. The molecule has 2 saturated heterocycles. The van der Waals surface area contributed by atoms with Crippen molar-refractivity contribution in [2.45, 2.75) is 240 Å². The Morgan fingerprint density at radius 3 is 1.53 bits per heavy atom. The quantitative estimate of drug-likeness (QED) is 0.0543. The number of carbonyl (C=O) groups excluding carboxylic acids is 12. The summed E-state index contributed by atoms with van der Waals surface area (Å²) in [6, 6.07) is 6.49. The van der Waals surface area contributed by atoms with Crippen LogP contribution < -0.4 is 27.0 Å². The Morgan fingerprint density at radius 1 is 0.546 bits per heavy atom. The molecule has 2 fully saturated rings. The van der Waals surface area contributed by atoms with E-state index >= 15 is 19.2 Å². The second-order valence-corrected chi connectivity index (χ2v) is 32.0. The predicted octanol–water partition coefficient (Wildman–Crippen LogP) is 4.17. The molecule has 0 bridgehead atoms. The van der Waals surface area contributed by atoms with Crippen molar-refractivity contribution in [3.05, 3.63) is 71.8 Å². The Morgan fingerprint density at radius 2 is 1.03 bits per heavy atom. The van der Waals surface area contributed by atoms with Crippen LogP contribution in [0.4, 0.5) is 0 Å². The maximum absolute atomic E-state index is 15.6. The van der Waals surface area contributed by atoms with Crippen molar-refractivity contribution in [3.63, 3.8) is 0 Å². The lowest BCUT2D eigenvalue weighted by molar-refractivity contribution is -0.152. The monoisotopic (exact) mass is 1510 g/mol. The van der Waals surface area contributed by atoms with Gasteiger partial charge in [-0.25, -0.2) is 0 Å². The van der Waals surface area contributed by atoms with E-state index in [0.717, 1.165) is 12.8 Å². The summed E-state index contributed by atoms with van der Waals surface area (Å²) >= 11 is 0. The Kier molecular flexibility index (Phi) is 38.6. The minimum atomic E-state index is -1.52. The van der Waals surface area contributed by atoms with Gasteiger partial charge in [0.2, 0.25) is 70.9 Å². The summed E-state index contributed by atoms with van der Waals surface area (Å²) in [5.41, 5.74) is 6.43. The number of unbranched alkanes of at least 4 members (excludes halogenated alkanes) is 1. The number of nitrogens with zero attached hydrogens (tertiary/aromatic N) is 8. The molecular weight excluding hydrogens is 1380 g/mol. The number of nitrogens with two attached hydrogens (primary N) is 1. The zero-order valence-corrected chi connectivity index (χ0v) is 67.9. The number of ether oxygens (including phenoxy) is 2. The maximum atomic E-state index is 15.6. The number of likely N-dealkylation sites (tertiary alicyclic amines) is 1. The second-order valence-electron chi connectivity index (χ2n) is 32.0. The predicted molar refractivity (Wildman–Crippen MR) is 414 cm³/mol. The number of hydrogen-bond acceptors (Lipinski definition) is 16. The van der Waals surface area contributed by atoms with Crippen molar-refractivity contribution in [1.82, 2.24) is 60.5 Å². The van der Waals surface area contributed by atoms with Crippen molar-refractivity contribution in [2.24, 2.45) is 29.4 Å². The number of aliphatic hydroxyl groups is 1. The molecule has 2 heterocycles. The van der Waals surface area contributed by atoms with Crippen molar-refractivity contribution >= 4 is 70.9 Å². The van der Waals surface area contributed by atoms with Gasteiger partial charge in [-0.15, -0.1) is 0 Å². The lowest BCUT2D eigenvalue weighted by Crippen LogP contribution is -2.62. The molecule has 4 rings (SSSR count). The molecule has 0 saturated carbocycles. The molecule has 7 N–H and O–H groups in total. The number of benzene rings is 2. The van der Waals surface area contributed by atoms with Crippen LogP contribution >= 0.6 is 0 Å². The standard InChI is InChI=1S/C80H131N13O15/c1-19-20-35-93(68(96)46-56(10)94)50-69(97)86(14)64(45-54(6)7)72(99)85-62(51-108-80(11,12)13)77(104)89(17)66(48-58-32-26-22-27-33-58)79(106)90(18)70(55(8)9)74(101)84-61(78(105)92-36-28-23-29-37-92)49-67(95)82-59(43-52(2)3)75(102)88(16)65(47-57-30-24-21-25-31-57)73(100)83-60(44-53(4)5)76(103)87(15)63(71(81)98)34-38-91-39-41-107-42-40-91/h21-22,24-27,30-33,52-56,59-66,70,94H,19-20,23,28-29,34-51H2,1-18H3,(H2,81,98)(H,82,95)(H,83,100)(H,84,101)(H,85,99)/t56-,59-,60+,61+,62?,63+,64+,65+,66+,70?/m1/s1. The van der Waals surface area contributed by atoms with E-state index < -0.39 is 149 Å². The topological polar surface area (TPSA) is 344 Å². The molecule has 2 unspecified atom stereocenters. The fraction of sp³-hybridized carbons (Fsp3) is 0.700. The van der Waals surface area contributed by atoms with E-state index in [1.807, 2.05) is 54.5 Å². The molecule has 0 radical (unpaired) electrons. The molecule has 606 valence electrons. The zero-order valence-electron chi connectivity index (χ0n) is 67.9. The van der Waals surface area contributed by atoms with Crippen LogP contribution in [0.3, 0.4) is 0 Å². The molecule has 0 aromatic heterocycles. The average molecular weight is 1520 g/mol. The van der Waals surface area contributed by atoms with Gasteiger partial charge in [-0.2, -0.15) is 0 Å². The number of amides is 12. The van der Waals surface area contributed by atoms with Gasteiger partial charge in [0.25, 0.3) is 0 Å². The van der Waals surface area contributed by atoms with Crippen LogP contribution in [0.1, 0.15) is 172 Å². The molecule has 2 aromatic rings. The van der Waals surface area contributed by atoms with Gasteiger partial charge in [-0.1, -0.05) is 129 Å². The molecule has 0 aliphatic carbocycles. The van der Waals surface area contributed by atoms with Gasteiger partial charge in [-0.3, -0.25) is 62.4 Å². The largest absolute Gasteiger partial charge is 0.393 e. The zero-order chi connectivity index (χ0) is 80.9. The highest BCUT2D eigenvalue weighted by Gasteiger charge is 2.43. The summed E-state index contributed by atoms with van der Waals surface area (Å²) < 4.78 is 11.7. The van der Waals surface area contributed by atoms with Crippen LogP contribution in [-0.2, 0) is 79.8 Å². The number of nitrogens with one attached hydrogen (secondary N) is 4. The van der Waals surface area contributed by atoms with Crippen LogP contribution in [0.5, 0.6) is 0 Å². The van der Waals surface area contributed by atoms with Gasteiger partial charge in [0, 0.05) is 87.3 Å². The first-order valence-corrected chi connectivity index (χ1v) is 38.8. The van der Waals surface area contributed by atoms with E-state index in [2.05, 4.69) is 26.2 Å². The molecule has 108 heavy (non-hydrogen) atoms. The summed E-state index contributed by atoms with van der Waals surface area (Å²) in [6.07, 6.45) is 2.32. The van der Waals surface area contributed by atoms with Gasteiger partial charge in [0.05, 0.1) is 50.9 Å². The average Bonchev–Trinajstić information content (AvgIpc) is 0.809. The van der Waals surface area contributed by atoms with Crippen LogP contribution in [0, 0.1) is 23.7 Å². The molecule has 2 aromatic carbocycles. The molecular formula is C80H131N13O15. The summed E-state index contributed by atoms with van der Waals surface area (Å²) in [5, 5.41) is 21.6. The highest BCUT2D eigenvalue weighted by molar-refractivity contribution is 5.99. The van der Waals surface area contributed by atoms with E-state index in [9.17, 15) is 43.5 Å². The van der Waals surface area contributed by atoms with Crippen molar-refractivity contribution in [2.75, 3.05) is 101 Å². The number of likely N-dealkylation sites (N-methyl/N-ethyl adjacent to an activating group) is 5. The fourth-order valence-electron chi connectivity index (χ4n) is 13.6. The Hall–Kier alpha value is -8.08. The van der Waals surface area contributed by atoms with Gasteiger partial charge < -0.3 is 75.9 Å². The van der Waals surface area contributed by atoms with E-state index in [4.69, 9.17) is 15.2 Å². The molecule has 12 amide bonds. The van der Waals surface area contributed by atoms with Crippen molar-refractivity contribution < 1.29 is 72.1 Å². The molecule has 0 spiro atoms. The van der Waals surface area contributed by atoms with Crippen molar-refractivity contribution in [3.8, 4) is 0 Å². The van der Waals surface area contributed by atoms with Crippen LogP contribution in [0.15, 0.2) is 60.7 Å². The van der Waals surface area contributed by atoms with Crippen molar-refractivity contribution in [1.29, 1.82) is 0 Å². The number of aliphatic hydroxyl groups excluding tert-OH is 1. The first kappa shape index (κ1) is 92.3. The molecule has 2 aliphatic rings. The van der Waals surface area contributed by atoms with E-state index in [-0.39, 0.29) is 82.4 Å². The number of morpholine rings is 1. The summed E-state index contributed by atoms with van der Waals surface area (Å²) in [5.74, 6) is -8.88. The summed E-state index contributed by atoms with van der Waals surface area (Å²) in [6.45, 7) is 26.5. The van der Waals surface area contributed by atoms with Gasteiger partial charge in [-0.05, 0) is 114 Å². The Balaban J connectivity index is 1.71. The van der Waals surface area contributed by atoms with Gasteiger partial charge in [0.1, 0.15) is 54.4 Å². The van der Waals surface area contributed by atoms with Gasteiger partial charge >= 0.3 is 0 Å². The first-order valence-electron chi connectivity index (χ1n) is 38.8. The lowest BCUT2D eigenvalue weighted by atomic mass is 9.97. The van der Waals surface area contributed by atoms with E-state index in [1.54, 1.807) is 94.1 Å². The lowest BCUT2D eigenvalue weighted by Gasteiger charge is -2.38. The molecule has 2 aliphatic heterocycles. The van der Waals surface area contributed by atoms with Gasteiger partial charge in [0.15, 0.2) is 0 Å². The van der Waals surface area contributed by atoms with Crippen LogP contribution in [0.2, 0.25) is 0 Å². The number of rotatable bonds is 43. The molecule has 28 nitrogen and oxygen atoms in total. The maximum Gasteiger partial charge on any atom is 0.247 e. The first-order chi connectivity index (χ1) is 50.8. The highest BCUT2D eigenvalue weighted by atomic mass is 16.5. The van der Waals surface area contributed by atoms with E-state index in [0.29, 0.717) is 76.3 Å². The normalized spacial score (nSPS) is 16.3. The van der Waals surface area contributed by atoms with E-state index in [1.165, 1.54) is 71.6 Å². The molecule has 28 heteroatoms. The summed E-state index contributed by atoms with van der Waals surface area (Å²) in [7, 11) is 7.24. The number of hydrogen-bond donors (Lipinski definition) is 6. The molecule has 10 atom stereocenters. The minimum absolute atomic E-state index is 0.00370. The number of piperidine rings is 1. The second kappa shape index (κ2) is 45.2. The summed E-state index contributed by atoms with van der Waals surface area (Å²) in [4.78, 5) is 187. The minimum Gasteiger partial charge on any atom is -0.393 e. The number of primary amides is 1. The fourth-order valence-corrected chi connectivity index (χ4v) is 13.6. The Bertz CT molecular complexity index is 3230. The van der Waals surface area contributed by atoms with Crippen LogP contribution in [-0.4, -0.2) is 282 Å². The Labute approximate surface area is 642 Å². The number of carbonyl (C=O) groups is 12. The third-order valence-electron chi connectivity index (χ3n) is 19.8. The van der Waals surface area contributed by atoms with Crippen LogP contribution in [0.25, 0.3) is 0 Å². The smallest absolute Gasteiger partial charge is 0.247 e. The third-order valence-corrected chi connectivity index (χ3v) is 19.8. The third kappa shape index (κ3) is 30.1. The highest BCUT2D eigenvalue weighted by Crippen LogP contribution is 2.23.